The number of rotatable bonds is 1. The summed E-state index contributed by atoms with van der Waals surface area (Å²) in [5, 5.41) is 13.2. The number of aromatic nitrogens is 4. The van der Waals surface area contributed by atoms with Crippen molar-refractivity contribution in [1.82, 2.24) is 24.5 Å². The number of piperidine rings is 1. The lowest BCUT2D eigenvalue weighted by Gasteiger charge is -2.29. The Morgan fingerprint density at radius 1 is 1.55 bits per heavy atom. The number of halogens is 1. The minimum Gasteiger partial charge on any atom is -0.465 e. The highest BCUT2D eigenvalue weighted by Crippen LogP contribution is 2.28. The van der Waals surface area contributed by atoms with Crippen LogP contribution in [-0.2, 0) is 0 Å². The third-order valence-corrected chi connectivity index (χ3v) is 4.03. The average molecular weight is 342 g/mol. The van der Waals surface area contributed by atoms with Crippen molar-refractivity contribution < 1.29 is 9.90 Å². The number of aromatic amines is 1. The molecule has 2 aromatic rings. The topological polar surface area (TPSA) is 104 Å². The van der Waals surface area contributed by atoms with Crippen LogP contribution in [0.1, 0.15) is 24.6 Å². The summed E-state index contributed by atoms with van der Waals surface area (Å²) in [5.41, 5.74) is 0.0615. The Morgan fingerprint density at radius 3 is 3.10 bits per heavy atom. The third kappa shape index (κ3) is 2.07. The number of nitrogens with one attached hydrogen (secondary N) is 1. The molecule has 106 valence electrons. The SMILES string of the molecule is O=C(O)N1CCC[C@@H](c2nc(Br)c3c(=O)[nH]cnn23)C1. The van der Waals surface area contributed by atoms with E-state index in [1.54, 1.807) is 0 Å². The first kappa shape index (κ1) is 13.1. The van der Waals surface area contributed by atoms with E-state index in [0.29, 0.717) is 29.0 Å². The van der Waals surface area contributed by atoms with Crippen LogP contribution in [0.25, 0.3) is 5.52 Å². The Balaban J connectivity index is 2.04. The molecule has 0 spiro atoms. The molecule has 1 amide bonds. The largest absolute Gasteiger partial charge is 0.465 e. The van der Waals surface area contributed by atoms with Crippen LogP contribution in [0, 0.1) is 0 Å². The normalized spacial score (nSPS) is 19.4. The Labute approximate surface area is 121 Å². The van der Waals surface area contributed by atoms with Gasteiger partial charge in [-0.1, -0.05) is 0 Å². The molecule has 0 bridgehead atoms. The maximum Gasteiger partial charge on any atom is 0.407 e. The summed E-state index contributed by atoms with van der Waals surface area (Å²) in [6.07, 6.45) is 1.97. The van der Waals surface area contributed by atoms with Crippen LogP contribution in [0.5, 0.6) is 0 Å². The van der Waals surface area contributed by atoms with E-state index < -0.39 is 6.09 Å². The number of nitrogens with zero attached hydrogens (tertiary/aromatic N) is 4. The number of amides is 1. The molecule has 2 N–H and O–H groups in total. The zero-order chi connectivity index (χ0) is 14.3. The smallest absolute Gasteiger partial charge is 0.407 e. The van der Waals surface area contributed by atoms with Gasteiger partial charge in [-0.15, -0.1) is 0 Å². The lowest BCUT2D eigenvalue weighted by molar-refractivity contribution is 0.129. The molecule has 1 saturated heterocycles. The second-order valence-electron chi connectivity index (χ2n) is 4.71. The number of fused-ring (bicyclic) bond motifs is 1. The molecular weight excluding hydrogens is 330 g/mol. The first-order chi connectivity index (χ1) is 9.58. The standard InChI is InChI=1S/C11H12BrN5O3/c12-8-7-10(18)13-5-14-17(7)9(15-8)6-2-1-3-16(4-6)11(19)20/h5-6H,1-4H2,(H,19,20)(H,13,14,18)/t6-/m1/s1. The van der Waals surface area contributed by atoms with E-state index in [-0.39, 0.29) is 11.5 Å². The fraction of sp³-hybridized carbons (Fsp3) is 0.455. The summed E-state index contributed by atoms with van der Waals surface area (Å²) >= 11 is 3.26. The van der Waals surface area contributed by atoms with Crippen molar-refractivity contribution in [2.24, 2.45) is 0 Å². The molecule has 0 aromatic carbocycles. The third-order valence-electron chi connectivity index (χ3n) is 3.48. The summed E-state index contributed by atoms with van der Waals surface area (Å²) in [6.45, 7) is 0.902. The lowest BCUT2D eigenvalue weighted by atomic mass is 9.98. The lowest BCUT2D eigenvalue weighted by Crippen LogP contribution is -2.38. The second-order valence-corrected chi connectivity index (χ2v) is 5.46. The molecule has 0 saturated carbocycles. The van der Waals surface area contributed by atoms with Gasteiger partial charge in [0, 0.05) is 19.0 Å². The molecule has 2 aromatic heterocycles. The monoisotopic (exact) mass is 341 g/mol. The number of imidazole rings is 1. The van der Waals surface area contributed by atoms with Gasteiger partial charge in [0.1, 0.15) is 16.8 Å². The molecule has 3 heterocycles. The number of hydrogen-bond acceptors (Lipinski definition) is 4. The second kappa shape index (κ2) is 4.89. The van der Waals surface area contributed by atoms with Gasteiger partial charge < -0.3 is 15.0 Å². The van der Waals surface area contributed by atoms with Gasteiger partial charge in [-0.05, 0) is 28.8 Å². The van der Waals surface area contributed by atoms with E-state index in [4.69, 9.17) is 5.11 Å². The highest BCUT2D eigenvalue weighted by atomic mass is 79.9. The van der Waals surface area contributed by atoms with Gasteiger partial charge in [0.2, 0.25) is 0 Å². The van der Waals surface area contributed by atoms with Gasteiger partial charge in [0.25, 0.3) is 5.56 Å². The molecule has 1 fully saturated rings. The van der Waals surface area contributed by atoms with Crippen LogP contribution < -0.4 is 5.56 Å². The van der Waals surface area contributed by atoms with Crippen molar-refractivity contribution in [3.8, 4) is 0 Å². The Kier molecular flexibility index (Phi) is 3.20. The van der Waals surface area contributed by atoms with E-state index in [1.165, 1.54) is 15.7 Å². The average Bonchev–Trinajstić information content (AvgIpc) is 2.78. The fourth-order valence-corrected chi connectivity index (χ4v) is 3.08. The summed E-state index contributed by atoms with van der Waals surface area (Å²) in [5.74, 6) is 0.553. The van der Waals surface area contributed by atoms with Crippen LogP contribution >= 0.6 is 15.9 Å². The number of carbonyl (C=O) groups is 1. The van der Waals surface area contributed by atoms with Gasteiger partial charge in [-0.3, -0.25) is 4.79 Å². The van der Waals surface area contributed by atoms with Crippen LogP contribution in [0.2, 0.25) is 0 Å². The maximum atomic E-state index is 11.8. The van der Waals surface area contributed by atoms with Crippen molar-refractivity contribution in [3.63, 3.8) is 0 Å². The zero-order valence-corrected chi connectivity index (χ0v) is 12.0. The van der Waals surface area contributed by atoms with Crippen LogP contribution in [-0.4, -0.2) is 48.8 Å². The summed E-state index contributed by atoms with van der Waals surface area (Å²) in [7, 11) is 0. The number of carboxylic acid groups (broad SMARTS) is 1. The van der Waals surface area contributed by atoms with E-state index in [1.807, 2.05) is 0 Å². The minimum absolute atomic E-state index is 0.0621. The molecule has 9 heteroatoms. The Bertz CT molecular complexity index is 724. The molecule has 3 rings (SSSR count). The van der Waals surface area contributed by atoms with Crippen molar-refractivity contribution in [2.75, 3.05) is 13.1 Å². The van der Waals surface area contributed by atoms with Gasteiger partial charge in [0.05, 0.1) is 0 Å². The first-order valence-electron chi connectivity index (χ1n) is 6.17. The molecular formula is C11H12BrN5O3. The van der Waals surface area contributed by atoms with Crippen molar-refractivity contribution in [1.29, 1.82) is 0 Å². The van der Waals surface area contributed by atoms with Crippen LogP contribution in [0.4, 0.5) is 4.79 Å². The van der Waals surface area contributed by atoms with Gasteiger partial charge in [-0.25, -0.2) is 14.3 Å². The zero-order valence-electron chi connectivity index (χ0n) is 10.4. The highest BCUT2D eigenvalue weighted by Gasteiger charge is 2.28. The van der Waals surface area contributed by atoms with Crippen LogP contribution in [0.15, 0.2) is 15.7 Å². The predicted octanol–water partition coefficient (Wildman–Crippen LogP) is 1.04. The summed E-state index contributed by atoms with van der Waals surface area (Å²) in [4.78, 5) is 31.1. The number of H-pyrrole nitrogens is 1. The van der Waals surface area contributed by atoms with Crippen molar-refractivity contribution in [2.45, 2.75) is 18.8 Å². The van der Waals surface area contributed by atoms with Crippen molar-refractivity contribution >= 4 is 27.5 Å². The van der Waals surface area contributed by atoms with E-state index >= 15 is 0 Å². The molecule has 0 aliphatic carbocycles. The van der Waals surface area contributed by atoms with Gasteiger partial charge >= 0.3 is 6.09 Å². The molecule has 0 radical (unpaired) electrons. The molecule has 1 aliphatic heterocycles. The fourth-order valence-electron chi connectivity index (χ4n) is 2.55. The van der Waals surface area contributed by atoms with Crippen LogP contribution in [0.3, 0.4) is 0 Å². The molecule has 0 unspecified atom stereocenters. The Morgan fingerprint density at radius 2 is 2.35 bits per heavy atom. The maximum absolute atomic E-state index is 11.8. The van der Waals surface area contributed by atoms with E-state index in [2.05, 4.69) is 31.0 Å². The van der Waals surface area contributed by atoms with Gasteiger partial charge in [-0.2, -0.15) is 5.10 Å². The van der Waals surface area contributed by atoms with Gasteiger partial charge in [0.15, 0.2) is 5.52 Å². The molecule has 1 aliphatic rings. The van der Waals surface area contributed by atoms with Crippen molar-refractivity contribution in [3.05, 3.63) is 27.1 Å². The highest BCUT2D eigenvalue weighted by molar-refractivity contribution is 9.10. The molecule has 1 atom stereocenters. The molecule has 8 nitrogen and oxygen atoms in total. The number of hydrogen-bond donors (Lipinski definition) is 2. The van der Waals surface area contributed by atoms with E-state index in [9.17, 15) is 9.59 Å². The molecule has 20 heavy (non-hydrogen) atoms. The predicted molar refractivity (Wildman–Crippen MR) is 72.9 cm³/mol. The summed E-state index contributed by atoms with van der Waals surface area (Å²) < 4.78 is 1.91. The van der Waals surface area contributed by atoms with E-state index in [0.717, 1.165) is 12.8 Å². The first-order valence-corrected chi connectivity index (χ1v) is 6.97. The minimum atomic E-state index is -0.930. The number of likely N-dealkylation sites (tertiary alicyclic amines) is 1. The Hall–Kier alpha value is -1.90. The quantitative estimate of drug-likeness (QED) is 0.806. The summed E-state index contributed by atoms with van der Waals surface area (Å²) in [6, 6.07) is 0.